The topological polar surface area (TPSA) is 147 Å². The van der Waals surface area contributed by atoms with Gasteiger partial charge in [0.1, 0.15) is 11.4 Å². The van der Waals surface area contributed by atoms with Crippen LogP contribution in [0, 0.1) is 6.92 Å². The Labute approximate surface area is 228 Å². The largest absolute Gasteiger partial charge is 0.482 e. The van der Waals surface area contributed by atoms with E-state index >= 15 is 0 Å². The second kappa shape index (κ2) is 9.84. The lowest BCUT2D eigenvalue weighted by atomic mass is 9.98. The van der Waals surface area contributed by atoms with Crippen molar-refractivity contribution < 1.29 is 24.2 Å². The van der Waals surface area contributed by atoms with Crippen LogP contribution in [0.25, 0.3) is 11.3 Å². The van der Waals surface area contributed by atoms with Gasteiger partial charge >= 0.3 is 5.97 Å². The number of anilines is 1. The van der Waals surface area contributed by atoms with Crippen molar-refractivity contribution in [3.63, 3.8) is 0 Å². The minimum atomic E-state index is -0.933. The molecule has 202 valence electrons. The molecule has 6 rings (SSSR count). The fourth-order valence-corrected chi connectivity index (χ4v) is 5.30. The average Bonchev–Trinajstić information content (AvgIpc) is 3.58. The highest BCUT2D eigenvalue weighted by Crippen LogP contribution is 2.36. The predicted octanol–water partition coefficient (Wildman–Crippen LogP) is 3.24. The van der Waals surface area contributed by atoms with Crippen molar-refractivity contribution in [2.24, 2.45) is 0 Å². The Morgan fingerprint density at radius 2 is 2.08 bits per heavy atom. The van der Waals surface area contributed by atoms with Gasteiger partial charge in [-0.25, -0.2) is 14.3 Å². The van der Waals surface area contributed by atoms with Crippen LogP contribution in [-0.4, -0.2) is 44.1 Å². The molecule has 4 N–H and O–H groups in total. The molecule has 0 unspecified atom stereocenters. The van der Waals surface area contributed by atoms with E-state index < -0.39 is 5.97 Å². The van der Waals surface area contributed by atoms with Gasteiger partial charge in [-0.15, -0.1) is 0 Å². The van der Waals surface area contributed by atoms with Crippen LogP contribution in [0.3, 0.4) is 0 Å². The van der Waals surface area contributed by atoms with Gasteiger partial charge in [0.2, 0.25) is 0 Å². The molecule has 0 spiro atoms. The average molecular weight is 539 g/mol. The molecule has 11 heteroatoms. The van der Waals surface area contributed by atoms with Gasteiger partial charge in [0.15, 0.2) is 12.3 Å². The molecule has 2 aromatic heterocycles. The fraction of sp³-hybridized carbons (Fsp3) is 0.207. The summed E-state index contributed by atoms with van der Waals surface area (Å²) in [6.45, 7) is 6.27. The van der Waals surface area contributed by atoms with E-state index in [0.29, 0.717) is 34.0 Å². The van der Waals surface area contributed by atoms with Crippen LogP contribution in [0.4, 0.5) is 5.69 Å². The van der Waals surface area contributed by atoms with Crippen molar-refractivity contribution in [3.05, 3.63) is 94.4 Å². The van der Waals surface area contributed by atoms with E-state index in [0.717, 1.165) is 35.1 Å². The summed E-state index contributed by atoms with van der Waals surface area (Å²) in [4.78, 5) is 40.8. The smallest absolute Gasteiger partial charge is 0.335 e. The Hall–Kier alpha value is -5.19. The molecule has 11 nitrogen and oxygen atoms in total. The molecule has 0 bridgehead atoms. The highest BCUT2D eigenvalue weighted by molar-refractivity contribution is 5.96. The van der Waals surface area contributed by atoms with Crippen LogP contribution in [0.5, 0.6) is 5.75 Å². The molecule has 0 fully saturated rings. The van der Waals surface area contributed by atoms with Crippen LogP contribution < -0.4 is 20.7 Å². The van der Waals surface area contributed by atoms with Gasteiger partial charge in [0, 0.05) is 12.6 Å². The second-order valence-electron chi connectivity index (χ2n) is 9.80. The number of carbonyl (C=O) groups is 3. The maximum Gasteiger partial charge on any atom is 0.335 e. The van der Waals surface area contributed by atoms with Crippen LogP contribution in [0.1, 0.15) is 61.3 Å². The van der Waals surface area contributed by atoms with E-state index in [1.54, 1.807) is 41.0 Å². The number of benzene rings is 2. The Morgan fingerprint density at radius 1 is 1.23 bits per heavy atom. The molecule has 4 aromatic rings. The Kier molecular flexibility index (Phi) is 6.18. The number of amides is 2. The van der Waals surface area contributed by atoms with Gasteiger partial charge in [-0.05, 0) is 66.3 Å². The number of hydrogen-bond acceptors (Lipinski definition) is 7. The highest BCUT2D eigenvalue weighted by atomic mass is 16.5. The lowest BCUT2D eigenvalue weighted by Crippen LogP contribution is -2.27. The number of aromatic carboxylic acids is 1. The van der Waals surface area contributed by atoms with Crippen molar-refractivity contribution in [2.75, 3.05) is 11.9 Å². The summed E-state index contributed by atoms with van der Waals surface area (Å²) < 4.78 is 7.00. The van der Waals surface area contributed by atoms with Crippen LogP contribution in [0.2, 0.25) is 0 Å². The number of carboxylic acids is 1. The quantitative estimate of drug-likeness (QED) is 0.280. The van der Waals surface area contributed by atoms with E-state index in [9.17, 15) is 19.5 Å². The zero-order valence-corrected chi connectivity index (χ0v) is 21.7. The normalized spacial score (nSPS) is 15.5. The van der Waals surface area contributed by atoms with Crippen molar-refractivity contribution in [3.8, 4) is 5.75 Å². The summed E-state index contributed by atoms with van der Waals surface area (Å²) in [7, 11) is 0. The number of fused-ring (bicyclic) bond motifs is 3. The third-order valence-electron chi connectivity index (χ3n) is 7.30. The van der Waals surface area contributed by atoms with E-state index in [-0.39, 0.29) is 36.7 Å². The van der Waals surface area contributed by atoms with Crippen LogP contribution >= 0.6 is 0 Å². The molecule has 1 aliphatic carbocycles. The van der Waals surface area contributed by atoms with Gasteiger partial charge < -0.3 is 25.8 Å². The summed E-state index contributed by atoms with van der Waals surface area (Å²) >= 11 is 0. The number of ether oxygens (including phenoxy) is 1. The summed E-state index contributed by atoms with van der Waals surface area (Å²) in [5.74, 6) is -0.953. The van der Waals surface area contributed by atoms with Crippen molar-refractivity contribution >= 4 is 34.8 Å². The molecule has 40 heavy (non-hydrogen) atoms. The Bertz CT molecular complexity index is 1730. The number of carboxylic acid groups (broad SMARTS) is 1. The molecule has 1 aliphatic heterocycles. The number of nitrogens with zero attached hydrogens (tertiary/aromatic N) is 3. The van der Waals surface area contributed by atoms with Gasteiger partial charge in [0.05, 0.1) is 34.9 Å². The Morgan fingerprint density at radius 3 is 2.90 bits per heavy atom. The summed E-state index contributed by atoms with van der Waals surface area (Å²) in [6.07, 6.45) is 3.14. The number of rotatable bonds is 7. The molecule has 2 aromatic carbocycles. The Balaban J connectivity index is 1.21. The first-order chi connectivity index (χ1) is 19.3. The van der Waals surface area contributed by atoms with Crippen LogP contribution in [0.15, 0.2) is 55.2 Å². The van der Waals surface area contributed by atoms with Crippen molar-refractivity contribution in [1.82, 2.24) is 25.2 Å². The lowest BCUT2D eigenvalue weighted by Gasteiger charge is -2.19. The van der Waals surface area contributed by atoms with E-state index in [2.05, 4.69) is 32.6 Å². The molecule has 1 atom stereocenters. The fourth-order valence-electron chi connectivity index (χ4n) is 5.30. The molecule has 3 heterocycles. The third kappa shape index (κ3) is 4.51. The van der Waals surface area contributed by atoms with Crippen LogP contribution in [-0.2, 0) is 17.8 Å². The van der Waals surface area contributed by atoms with Gasteiger partial charge in [-0.2, -0.15) is 5.10 Å². The maximum atomic E-state index is 13.1. The summed E-state index contributed by atoms with van der Waals surface area (Å²) in [5, 5.41) is 22.9. The molecule has 0 saturated carbocycles. The molecule has 2 aliphatic rings. The van der Waals surface area contributed by atoms with Crippen molar-refractivity contribution in [1.29, 1.82) is 0 Å². The summed E-state index contributed by atoms with van der Waals surface area (Å²) in [5.41, 5.74) is 6.37. The molecular formula is C29H26N6O5. The standard InChI is InChI=1S/C29H26N6O5/c1-15-18-6-7-21(20(18)5-4-19(15)29(38)39)32-16(2)24-12-23(33-26-9-10-31-35(24)26)28(37)30-13-17-3-8-25-22(11-17)34-27(36)14-40-25/h3-5,8-12,21,32H,2,6-7,13-14H2,1H3,(H,30,37)(H,34,36)(H,38,39)/t21-/m0/s1. The van der Waals surface area contributed by atoms with Gasteiger partial charge in [-0.1, -0.05) is 18.7 Å². The molecule has 0 saturated heterocycles. The minimum absolute atomic E-state index is 0.0210. The number of nitrogens with one attached hydrogen (secondary N) is 3. The first-order valence-electron chi connectivity index (χ1n) is 12.8. The van der Waals surface area contributed by atoms with Gasteiger partial charge in [-0.3, -0.25) is 9.59 Å². The summed E-state index contributed by atoms with van der Waals surface area (Å²) in [6, 6.07) is 12.1. The predicted molar refractivity (Wildman–Crippen MR) is 146 cm³/mol. The number of hydrogen-bond donors (Lipinski definition) is 4. The SMILES string of the molecule is C=C(N[C@H]1CCc2c1ccc(C(=O)O)c2C)c1cc(C(=O)NCc2ccc3c(c2)NC(=O)CO3)nc2ccnn12. The van der Waals surface area contributed by atoms with Gasteiger partial charge in [0.25, 0.3) is 11.8 Å². The van der Waals surface area contributed by atoms with E-state index in [1.807, 2.05) is 19.1 Å². The zero-order chi connectivity index (χ0) is 28.0. The number of aromatic nitrogens is 3. The lowest BCUT2D eigenvalue weighted by molar-refractivity contribution is -0.118. The molecule has 2 amide bonds. The monoisotopic (exact) mass is 538 g/mol. The first-order valence-corrected chi connectivity index (χ1v) is 12.8. The first kappa shape index (κ1) is 25.1. The highest BCUT2D eigenvalue weighted by Gasteiger charge is 2.27. The second-order valence-corrected chi connectivity index (χ2v) is 9.80. The van der Waals surface area contributed by atoms with Crippen molar-refractivity contribution in [2.45, 2.75) is 32.4 Å². The molecule has 0 radical (unpaired) electrons. The number of carbonyl (C=O) groups excluding carboxylic acids is 2. The van der Waals surface area contributed by atoms with E-state index in [4.69, 9.17) is 4.74 Å². The maximum absolute atomic E-state index is 13.1. The zero-order valence-electron chi connectivity index (χ0n) is 21.7. The third-order valence-corrected chi connectivity index (χ3v) is 7.30. The van der Waals surface area contributed by atoms with E-state index in [1.165, 1.54) is 0 Å². The minimum Gasteiger partial charge on any atom is -0.482 e. The molecular weight excluding hydrogens is 512 g/mol.